The van der Waals surface area contributed by atoms with Crippen molar-refractivity contribution in [1.29, 1.82) is 0 Å². The Balaban J connectivity index is 1.77. The molecule has 1 aromatic carbocycles. The minimum atomic E-state index is -0.356. The predicted octanol–water partition coefficient (Wildman–Crippen LogP) is 2.51. The van der Waals surface area contributed by atoms with Crippen LogP contribution in [0.4, 0.5) is 5.69 Å². The van der Waals surface area contributed by atoms with Crippen molar-refractivity contribution in [3.63, 3.8) is 0 Å². The van der Waals surface area contributed by atoms with Gasteiger partial charge in [0, 0.05) is 6.54 Å². The second-order valence-corrected chi connectivity index (χ2v) is 7.44. The summed E-state index contributed by atoms with van der Waals surface area (Å²) in [5.74, 6) is 0.600. The number of fused-ring (bicyclic) bond motifs is 1. The lowest BCUT2D eigenvalue weighted by Gasteiger charge is -2.22. The Kier molecular flexibility index (Phi) is 9.00. The van der Waals surface area contributed by atoms with Crippen molar-refractivity contribution >= 4 is 34.8 Å². The Bertz CT molecular complexity index is 683. The molecule has 2 rings (SSSR count). The number of carbonyl (C=O) groups excluding carboxylic acids is 2. The van der Waals surface area contributed by atoms with Crippen molar-refractivity contribution in [2.75, 3.05) is 24.6 Å². The summed E-state index contributed by atoms with van der Waals surface area (Å²) in [6, 6.07) is 7.20. The molecule has 0 unspecified atom stereocenters. The van der Waals surface area contributed by atoms with Gasteiger partial charge in [-0.2, -0.15) is 0 Å². The highest BCUT2D eigenvalue weighted by atomic mass is 32.1. The Labute approximate surface area is 172 Å². The van der Waals surface area contributed by atoms with Gasteiger partial charge in [0.25, 0.3) is 5.91 Å². The summed E-state index contributed by atoms with van der Waals surface area (Å²) in [4.78, 5) is 26.1. The van der Waals surface area contributed by atoms with Crippen LogP contribution in [-0.2, 0) is 9.59 Å². The van der Waals surface area contributed by atoms with Crippen LogP contribution in [0.25, 0.3) is 0 Å². The van der Waals surface area contributed by atoms with Crippen LogP contribution < -0.4 is 25.8 Å². The summed E-state index contributed by atoms with van der Waals surface area (Å²) in [7, 11) is 0. The Morgan fingerprint density at radius 3 is 2.86 bits per heavy atom. The monoisotopic (exact) mass is 406 g/mol. The van der Waals surface area contributed by atoms with Gasteiger partial charge in [-0.1, -0.05) is 45.2 Å². The molecule has 1 heterocycles. The van der Waals surface area contributed by atoms with Crippen LogP contribution in [0, 0.1) is 5.92 Å². The summed E-state index contributed by atoms with van der Waals surface area (Å²) < 4.78 is 5.58. The molecule has 1 aliphatic heterocycles. The van der Waals surface area contributed by atoms with Crippen molar-refractivity contribution in [2.45, 2.75) is 46.0 Å². The highest BCUT2D eigenvalue weighted by molar-refractivity contribution is 7.80. The Morgan fingerprint density at radius 2 is 2.07 bits per heavy atom. The molecule has 0 bridgehead atoms. The molecule has 0 aliphatic carbocycles. The smallest absolute Gasteiger partial charge is 0.258 e. The van der Waals surface area contributed by atoms with E-state index in [1.807, 2.05) is 12.1 Å². The molecular weight excluding hydrogens is 376 g/mol. The number of anilines is 1. The van der Waals surface area contributed by atoms with Crippen molar-refractivity contribution in [2.24, 2.45) is 5.92 Å². The third kappa shape index (κ3) is 6.99. The van der Waals surface area contributed by atoms with Crippen LogP contribution in [0.15, 0.2) is 24.3 Å². The fourth-order valence-electron chi connectivity index (χ4n) is 2.96. The van der Waals surface area contributed by atoms with Gasteiger partial charge in [-0.25, -0.2) is 0 Å². The first-order valence-electron chi connectivity index (χ1n) is 9.86. The van der Waals surface area contributed by atoms with Crippen LogP contribution in [0.5, 0.6) is 5.75 Å². The fraction of sp³-hybridized carbons (Fsp3) is 0.550. The average molecular weight is 407 g/mol. The van der Waals surface area contributed by atoms with Gasteiger partial charge in [0.05, 0.1) is 18.7 Å². The molecule has 3 N–H and O–H groups in total. The molecule has 0 radical (unpaired) electrons. The zero-order valence-electron chi connectivity index (χ0n) is 16.6. The maximum Gasteiger partial charge on any atom is 0.258 e. The number of nitrogens with zero attached hydrogens (tertiary/aromatic N) is 1. The third-order valence-electron chi connectivity index (χ3n) is 4.56. The van der Waals surface area contributed by atoms with Crippen molar-refractivity contribution in [3.8, 4) is 5.75 Å². The number of thiocarbonyl (C=S) groups is 1. The van der Waals surface area contributed by atoms with E-state index in [4.69, 9.17) is 17.0 Å². The first-order chi connectivity index (χ1) is 13.5. The molecule has 154 valence electrons. The highest BCUT2D eigenvalue weighted by Gasteiger charge is 2.25. The lowest BCUT2D eigenvalue weighted by atomic mass is 10.0. The summed E-state index contributed by atoms with van der Waals surface area (Å²) in [5.41, 5.74) is 5.85. The number of para-hydroxylation sites is 2. The largest absolute Gasteiger partial charge is 0.491 e. The van der Waals surface area contributed by atoms with Gasteiger partial charge in [0.15, 0.2) is 5.11 Å². The molecule has 1 aliphatic rings. The lowest BCUT2D eigenvalue weighted by molar-refractivity contribution is -0.124. The summed E-state index contributed by atoms with van der Waals surface area (Å²) >= 11 is 5.20. The number of rotatable bonds is 8. The second kappa shape index (κ2) is 11.5. The Hall–Kier alpha value is -2.35. The van der Waals surface area contributed by atoms with E-state index in [-0.39, 0.29) is 24.8 Å². The number of amides is 2. The molecular formula is C20H30N4O3S. The first kappa shape index (κ1) is 21.9. The molecule has 7 nitrogen and oxygen atoms in total. The summed E-state index contributed by atoms with van der Waals surface area (Å²) in [5, 5.41) is 3.47. The van der Waals surface area contributed by atoms with E-state index in [1.54, 1.807) is 12.1 Å². The van der Waals surface area contributed by atoms with Gasteiger partial charge in [-0.05, 0) is 36.7 Å². The quantitative estimate of drug-likeness (QED) is 0.350. The van der Waals surface area contributed by atoms with E-state index in [0.717, 1.165) is 13.0 Å². The number of benzene rings is 1. The van der Waals surface area contributed by atoms with Crippen molar-refractivity contribution in [1.82, 2.24) is 16.2 Å². The normalized spacial score (nSPS) is 14.4. The van der Waals surface area contributed by atoms with Gasteiger partial charge in [0.1, 0.15) is 12.3 Å². The van der Waals surface area contributed by atoms with Crippen LogP contribution in [0.2, 0.25) is 0 Å². The summed E-state index contributed by atoms with van der Waals surface area (Å²) in [6.45, 7) is 5.31. The van der Waals surface area contributed by atoms with Crippen LogP contribution in [-0.4, -0.2) is 36.6 Å². The number of hydrogen-bond acceptors (Lipinski definition) is 4. The minimum absolute atomic E-state index is 0.109. The first-order valence-corrected chi connectivity index (χ1v) is 10.3. The van der Waals surface area contributed by atoms with Crippen molar-refractivity contribution < 1.29 is 14.3 Å². The van der Waals surface area contributed by atoms with E-state index >= 15 is 0 Å². The zero-order valence-corrected chi connectivity index (χ0v) is 17.4. The van der Waals surface area contributed by atoms with E-state index in [2.05, 4.69) is 30.0 Å². The molecule has 0 saturated carbocycles. The van der Waals surface area contributed by atoms with Crippen LogP contribution in [0.3, 0.4) is 0 Å². The number of hydrogen-bond donors (Lipinski definition) is 3. The lowest BCUT2D eigenvalue weighted by Crippen LogP contribution is -2.51. The van der Waals surface area contributed by atoms with Gasteiger partial charge < -0.3 is 10.1 Å². The predicted molar refractivity (Wildman–Crippen MR) is 114 cm³/mol. The fourth-order valence-corrected chi connectivity index (χ4v) is 3.09. The number of ether oxygens (including phenoxy) is 1. The molecule has 0 saturated heterocycles. The maximum atomic E-state index is 12.3. The molecule has 8 heteroatoms. The summed E-state index contributed by atoms with van der Waals surface area (Å²) in [6.07, 6.45) is 5.04. The van der Waals surface area contributed by atoms with E-state index in [1.165, 1.54) is 24.2 Å². The van der Waals surface area contributed by atoms with Gasteiger partial charge in [0.2, 0.25) is 5.91 Å². The molecule has 1 aromatic rings. The number of hydrazine groups is 1. The number of nitrogens with one attached hydrogen (secondary N) is 3. The maximum absolute atomic E-state index is 12.3. The molecule has 0 spiro atoms. The third-order valence-corrected chi connectivity index (χ3v) is 4.81. The van der Waals surface area contributed by atoms with Gasteiger partial charge in [-0.15, -0.1) is 0 Å². The van der Waals surface area contributed by atoms with E-state index < -0.39 is 0 Å². The van der Waals surface area contributed by atoms with Crippen molar-refractivity contribution in [3.05, 3.63) is 24.3 Å². The van der Waals surface area contributed by atoms with Gasteiger partial charge >= 0.3 is 0 Å². The molecule has 1 atom stereocenters. The van der Waals surface area contributed by atoms with Gasteiger partial charge in [-0.3, -0.25) is 25.3 Å². The number of carbonyl (C=O) groups is 2. The Morgan fingerprint density at radius 1 is 1.29 bits per heavy atom. The topological polar surface area (TPSA) is 82.7 Å². The minimum Gasteiger partial charge on any atom is -0.491 e. The SMILES string of the molecule is CCCCC[C@@H](C)CNC(=S)NNC(=O)CN1C(=O)CCOc2ccccc21. The second-order valence-electron chi connectivity index (χ2n) is 7.03. The average Bonchev–Trinajstić information content (AvgIpc) is 2.84. The van der Waals surface area contributed by atoms with Crippen LogP contribution >= 0.6 is 12.2 Å². The molecule has 0 aromatic heterocycles. The molecule has 0 fully saturated rings. The standard InChI is InChI=1S/C20H30N4O3S/c1-3-4-5-8-15(2)13-21-20(28)23-22-18(25)14-24-16-9-6-7-10-17(16)27-12-11-19(24)26/h6-7,9-10,15H,3-5,8,11-14H2,1-2H3,(H,22,25)(H2,21,23,28)/t15-/m1/s1. The molecule has 28 heavy (non-hydrogen) atoms. The zero-order chi connectivity index (χ0) is 20.4. The van der Waals surface area contributed by atoms with Crippen LogP contribution in [0.1, 0.15) is 46.0 Å². The van der Waals surface area contributed by atoms with E-state index in [9.17, 15) is 9.59 Å². The highest BCUT2D eigenvalue weighted by Crippen LogP contribution is 2.30. The number of unbranched alkanes of at least 4 members (excludes halogenated alkanes) is 2. The molecule has 2 amide bonds. The van der Waals surface area contributed by atoms with E-state index in [0.29, 0.717) is 29.1 Å².